The number of ether oxygens (including phenoxy) is 3. The zero-order valence-electron chi connectivity index (χ0n) is 12.2. The molecule has 0 aliphatic rings. The number of methoxy groups -OCH3 is 1. The summed E-state index contributed by atoms with van der Waals surface area (Å²) in [6.07, 6.45) is 0. The molecule has 0 amide bonds. The van der Waals surface area contributed by atoms with Crippen LogP contribution in [0.4, 0.5) is 0 Å². The third-order valence-corrected chi connectivity index (χ3v) is 2.84. The SMILES string of the molecule is CCOC(=O)c1ccc(Oc2ccc(COC)cc2)cc1. The Bertz CT molecular complexity index is 573. The van der Waals surface area contributed by atoms with Crippen molar-refractivity contribution in [3.63, 3.8) is 0 Å². The quantitative estimate of drug-likeness (QED) is 0.758. The van der Waals surface area contributed by atoms with Crippen LogP contribution in [0.3, 0.4) is 0 Å². The van der Waals surface area contributed by atoms with Crippen LogP contribution in [0.25, 0.3) is 0 Å². The Morgan fingerprint density at radius 2 is 1.52 bits per heavy atom. The Balaban J connectivity index is 2.01. The Morgan fingerprint density at radius 3 is 2.05 bits per heavy atom. The molecule has 2 rings (SSSR count). The van der Waals surface area contributed by atoms with E-state index in [1.54, 1.807) is 38.3 Å². The summed E-state index contributed by atoms with van der Waals surface area (Å²) in [4.78, 5) is 11.5. The number of carbonyl (C=O) groups excluding carboxylic acids is 1. The maximum atomic E-state index is 11.5. The van der Waals surface area contributed by atoms with Crippen LogP contribution in [0.1, 0.15) is 22.8 Å². The summed E-state index contributed by atoms with van der Waals surface area (Å²) in [6.45, 7) is 2.72. The summed E-state index contributed by atoms with van der Waals surface area (Å²) in [6, 6.07) is 14.5. The van der Waals surface area contributed by atoms with Crippen molar-refractivity contribution in [3.05, 3.63) is 59.7 Å². The fraction of sp³-hybridized carbons (Fsp3) is 0.235. The number of hydrogen-bond acceptors (Lipinski definition) is 4. The highest BCUT2D eigenvalue weighted by molar-refractivity contribution is 5.89. The second-order valence-corrected chi connectivity index (χ2v) is 4.42. The molecule has 0 fully saturated rings. The predicted octanol–water partition coefficient (Wildman–Crippen LogP) is 3.80. The van der Waals surface area contributed by atoms with Gasteiger partial charge in [0.05, 0.1) is 18.8 Å². The van der Waals surface area contributed by atoms with Crippen LogP contribution < -0.4 is 4.74 Å². The van der Waals surface area contributed by atoms with Gasteiger partial charge in [0.2, 0.25) is 0 Å². The second kappa shape index (κ2) is 7.45. The molecule has 4 nitrogen and oxygen atoms in total. The molecule has 0 heterocycles. The average molecular weight is 286 g/mol. The molecule has 4 heteroatoms. The molecule has 110 valence electrons. The van der Waals surface area contributed by atoms with Gasteiger partial charge in [0, 0.05) is 7.11 Å². The Labute approximate surface area is 124 Å². The topological polar surface area (TPSA) is 44.8 Å². The van der Waals surface area contributed by atoms with E-state index in [2.05, 4.69) is 0 Å². The molecule has 0 N–H and O–H groups in total. The normalized spacial score (nSPS) is 10.2. The molecule has 2 aromatic carbocycles. The van der Waals surface area contributed by atoms with E-state index < -0.39 is 0 Å². The van der Waals surface area contributed by atoms with E-state index in [4.69, 9.17) is 14.2 Å². The van der Waals surface area contributed by atoms with Crippen LogP contribution >= 0.6 is 0 Å². The van der Waals surface area contributed by atoms with Gasteiger partial charge in [-0.1, -0.05) is 12.1 Å². The Kier molecular flexibility index (Phi) is 5.35. The molecule has 0 bridgehead atoms. The molecular formula is C17H18O4. The van der Waals surface area contributed by atoms with E-state index in [0.29, 0.717) is 24.5 Å². The first-order valence-electron chi connectivity index (χ1n) is 6.76. The third kappa shape index (κ3) is 4.33. The highest BCUT2D eigenvalue weighted by atomic mass is 16.5. The van der Waals surface area contributed by atoms with E-state index in [-0.39, 0.29) is 5.97 Å². The zero-order valence-corrected chi connectivity index (χ0v) is 12.2. The highest BCUT2D eigenvalue weighted by Gasteiger charge is 2.06. The fourth-order valence-corrected chi connectivity index (χ4v) is 1.83. The van der Waals surface area contributed by atoms with Crippen LogP contribution in [0.15, 0.2) is 48.5 Å². The van der Waals surface area contributed by atoms with Gasteiger partial charge in [0.25, 0.3) is 0 Å². The van der Waals surface area contributed by atoms with Gasteiger partial charge in [-0.05, 0) is 48.9 Å². The van der Waals surface area contributed by atoms with Crippen molar-refractivity contribution in [2.45, 2.75) is 13.5 Å². The molecule has 2 aromatic rings. The standard InChI is InChI=1S/C17H18O4/c1-3-20-17(18)14-6-10-16(11-7-14)21-15-8-4-13(5-9-15)12-19-2/h4-11H,3,12H2,1-2H3. The first-order chi connectivity index (χ1) is 10.2. The monoisotopic (exact) mass is 286 g/mol. The lowest BCUT2D eigenvalue weighted by Gasteiger charge is -2.07. The summed E-state index contributed by atoms with van der Waals surface area (Å²) < 4.78 is 15.7. The van der Waals surface area contributed by atoms with E-state index in [1.165, 1.54) is 0 Å². The number of benzene rings is 2. The molecule has 0 spiro atoms. The minimum absolute atomic E-state index is 0.326. The van der Waals surface area contributed by atoms with Crippen LogP contribution in [0, 0.1) is 0 Å². The van der Waals surface area contributed by atoms with Crippen molar-refractivity contribution in [1.29, 1.82) is 0 Å². The minimum atomic E-state index is -0.326. The molecule has 0 unspecified atom stereocenters. The van der Waals surface area contributed by atoms with E-state index >= 15 is 0 Å². The van der Waals surface area contributed by atoms with Gasteiger partial charge in [-0.3, -0.25) is 0 Å². The lowest BCUT2D eigenvalue weighted by Crippen LogP contribution is -2.03. The maximum Gasteiger partial charge on any atom is 0.338 e. The number of hydrogen-bond donors (Lipinski definition) is 0. The lowest BCUT2D eigenvalue weighted by molar-refractivity contribution is 0.0526. The van der Waals surface area contributed by atoms with Crippen LogP contribution in [0.2, 0.25) is 0 Å². The highest BCUT2D eigenvalue weighted by Crippen LogP contribution is 2.22. The maximum absolute atomic E-state index is 11.5. The van der Waals surface area contributed by atoms with E-state index in [0.717, 1.165) is 11.3 Å². The third-order valence-electron chi connectivity index (χ3n) is 2.84. The zero-order chi connectivity index (χ0) is 15.1. The largest absolute Gasteiger partial charge is 0.462 e. The lowest BCUT2D eigenvalue weighted by atomic mass is 10.2. The number of carbonyl (C=O) groups is 1. The summed E-state index contributed by atoms with van der Waals surface area (Å²) >= 11 is 0. The summed E-state index contributed by atoms with van der Waals surface area (Å²) in [5, 5.41) is 0. The van der Waals surface area contributed by atoms with E-state index in [9.17, 15) is 4.79 Å². The first-order valence-corrected chi connectivity index (χ1v) is 6.76. The fourth-order valence-electron chi connectivity index (χ4n) is 1.83. The number of esters is 1. The van der Waals surface area contributed by atoms with Gasteiger partial charge in [-0.2, -0.15) is 0 Å². The Morgan fingerprint density at radius 1 is 0.952 bits per heavy atom. The van der Waals surface area contributed by atoms with Crippen molar-refractivity contribution >= 4 is 5.97 Å². The molecule has 0 saturated heterocycles. The molecule has 0 saturated carbocycles. The first kappa shape index (κ1) is 15.1. The second-order valence-electron chi connectivity index (χ2n) is 4.42. The van der Waals surface area contributed by atoms with Crippen molar-refractivity contribution in [1.82, 2.24) is 0 Å². The molecule has 0 atom stereocenters. The average Bonchev–Trinajstić information content (AvgIpc) is 2.50. The van der Waals surface area contributed by atoms with Gasteiger partial charge in [0.15, 0.2) is 0 Å². The van der Waals surface area contributed by atoms with Crippen LogP contribution in [-0.2, 0) is 16.1 Å². The van der Waals surface area contributed by atoms with Gasteiger partial charge in [-0.15, -0.1) is 0 Å². The van der Waals surface area contributed by atoms with E-state index in [1.807, 2.05) is 24.3 Å². The Hall–Kier alpha value is -2.33. The molecule has 0 aliphatic carbocycles. The van der Waals surface area contributed by atoms with Crippen LogP contribution in [0.5, 0.6) is 11.5 Å². The smallest absolute Gasteiger partial charge is 0.338 e. The van der Waals surface area contributed by atoms with Crippen molar-refractivity contribution in [3.8, 4) is 11.5 Å². The summed E-state index contributed by atoms with van der Waals surface area (Å²) in [7, 11) is 1.66. The van der Waals surface area contributed by atoms with Gasteiger partial charge in [0.1, 0.15) is 11.5 Å². The van der Waals surface area contributed by atoms with Gasteiger partial charge >= 0.3 is 5.97 Å². The molecule has 21 heavy (non-hydrogen) atoms. The molecule has 0 radical (unpaired) electrons. The number of rotatable bonds is 6. The summed E-state index contributed by atoms with van der Waals surface area (Å²) in [5.41, 5.74) is 1.60. The van der Waals surface area contributed by atoms with Gasteiger partial charge < -0.3 is 14.2 Å². The molecule has 0 aromatic heterocycles. The predicted molar refractivity (Wildman–Crippen MR) is 79.6 cm³/mol. The summed E-state index contributed by atoms with van der Waals surface area (Å²) in [5.74, 6) is 1.08. The van der Waals surface area contributed by atoms with Gasteiger partial charge in [-0.25, -0.2) is 4.79 Å². The van der Waals surface area contributed by atoms with Crippen molar-refractivity contribution in [2.75, 3.05) is 13.7 Å². The van der Waals surface area contributed by atoms with Crippen molar-refractivity contribution < 1.29 is 19.0 Å². The minimum Gasteiger partial charge on any atom is -0.462 e. The van der Waals surface area contributed by atoms with Crippen LogP contribution in [-0.4, -0.2) is 19.7 Å². The van der Waals surface area contributed by atoms with Crippen molar-refractivity contribution in [2.24, 2.45) is 0 Å². The molecular weight excluding hydrogens is 268 g/mol. The molecule has 0 aliphatic heterocycles.